The Morgan fingerprint density at radius 2 is 1.67 bits per heavy atom. The number of hydrogen-bond donors (Lipinski definition) is 2. The summed E-state index contributed by atoms with van der Waals surface area (Å²) in [5, 5.41) is 12.9. The molecule has 0 saturated heterocycles. The molecule has 0 saturated carbocycles. The van der Waals surface area contributed by atoms with Gasteiger partial charge in [-0.25, -0.2) is 9.37 Å². The number of rotatable bonds is 5. The van der Waals surface area contributed by atoms with E-state index >= 15 is 0 Å². The van der Waals surface area contributed by atoms with E-state index in [1.165, 1.54) is 16.5 Å². The Bertz CT molecular complexity index is 1270. The molecule has 150 valence electrons. The van der Waals surface area contributed by atoms with E-state index in [1.54, 1.807) is 30.5 Å². The van der Waals surface area contributed by atoms with E-state index in [4.69, 9.17) is 0 Å². The molecule has 0 aliphatic carbocycles. The van der Waals surface area contributed by atoms with Crippen LogP contribution in [0.15, 0.2) is 77.7 Å². The van der Waals surface area contributed by atoms with Crippen LogP contribution in [-0.4, -0.2) is 20.4 Å². The van der Waals surface area contributed by atoms with Crippen molar-refractivity contribution >= 4 is 11.6 Å². The van der Waals surface area contributed by atoms with Crippen molar-refractivity contribution in [2.24, 2.45) is 0 Å². The Morgan fingerprint density at radius 3 is 2.40 bits per heavy atom. The molecule has 0 unspecified atom stereocenters. The fraction of sp³-hybridized carbons (Fsp3) is 0.0870. The summed E-state index contributed by atoms with van der Waals surface area (Å²) in [6.45, 7) is 0.247. The van der Waals surface area contributed by atoms with Crippen molar-refractivity contribution in [1.29, 1.82) is 0 Å². The number of nitrogens with one attached hydrogen (secondary N) is 1. The zero-order chi connectivity index (χ0) is 21.1. The first-order valence-corrected chi connectivity index (χ1v) is 9.32. The molecule has 4 rings (SSSR count). The Morgan fingerprint density at radius 1 is 0.967 bits per heavy atom. The van der Waals surface area contributed by atoms with Crippen LogP contribution in [0.5, 0.6) is 5.75 Å². The van der Waals surface area contributed by atoms with E-state index in [0.29, 0.717) is 6.42 Å². The minimum atomic E-state index is -0.731. The molecule has 1 amide bonds. The molecule has 0 aliphatic rings. The highest BCUT2D eigenvalue weighted by Crippen LogP contribution is 2.15. The lowest BCUT2D eigenvalue weighted by Crippen LogP contribution is -2.27. The number of carbonyl (C=O) groups excluding carboxylic acids is 1. The van der Waals surface area contributed by atoms with E-state index in [1.807, 2.05) is 30.3 Å². The maximum absolute atomic E-state index is 13.1. The molecular formula is C23H18FN3O3. The topological polar surface area (TPSA) is 83.7 Å². The number of amides is 1. The maximum Gasteiger partial charge on any atom is 0.300 e. The van der Waals surface area contributed by atoms with E-state index in [9.17, 15) is 19.1 Å². The van der Waals surface area contributed by atoms with Crippen LogP contribution < -0.4 is 10.9 Å². The lowest BCUT2D eigenvalue weighted by molar-refractivity contribution is 0.0942. The van der Waals surface area contributed by atoms with Crippen LogP contribution in [0.25, 0.3) is 5.65 Å². The van der Waals surface area contributed by atoms with Crippen LogP contribution in [0, 0.1) is 5.82 Å². The molecule has 7 heteroatoms. The third-order valence-electron chi connectivity index (χ3n) is 4.69. The van der Waals surface area contributed by atoms with Gasteiger partial charge in [0.2, 0.25) is 5.75 Å². The van der Waals surface area contributed by atoms with Gasteiger partial charge in [-0.1, -0.05) is 48.5 Å². The number of carbonyl (C=O) groups is 1. The molecule has 30 heavy (non-hydrogen) atoms. The molecule has 4 aromatic rings. The van der Waals surface area contributed by atoms with Gasteiger partial charge in [0.1, 0.15) is 11.5 Å². The summed E-state index contributed by atoms with van der Waals surface area (Å²) in [5.74, 6) is -1.66. The predicted molar refractivity (Wildman–Crippen MR) is 110 cm³/mol. The van der Waals surface area contributed by atoms with Crippen LogP contribution in [-0.2, 0) is 13.0 Å². The standard InChI is InChI=1S/C23H18FN3O3/c24-18-9-6-15(7-10-18)12-17-8-11-19-26-20(21(28)23(30)27(19)14-17)22(29)25-13-16-4-2-1-3-5-16/h1-11,14,28H,12-13H2,(H,25,29). The third kappa shape index (κ3) is 4.05. The Kier molecular flexibility index (Phi) is 5.26. The highest BCUT2D eigenvalue weighted by Gasteiger charge is 2.18. The summed E-state index contributed by atoms with van der Waals surface area (Å²) in [4.78, 5) is 29.2. The number of aromatic nitrogens is 2. The third-order valence-corrected chi connectivity index (χ3v) is 4.69. The molecule has 2 N–H and O–H groups in total. The zero-order valence-corrected chi connectivity index (χ0v) is 15.9. The number of hydrogen-bond acceptors (Lipinski definition) is 4. The van der Waals surface area contributed by atoms with Gasteiger partial charge in [0, 0.05) is 12.7 Å². The minimum absolute atomic E-state index is 0.241. The fourth-order valence-electron chi connectivity index (χ4n) is 3.14. The number of nitrogens with zero attached hydrogens (tertiary/aromatic N) is 2. The van der Waals surface area contributed by atoms with Gasteiger partial charge in [0.25, 0.3) is 5.91 Å². The molecule has 0 aliphatic heterocycles. The second kappa shape index (κ2) is 8.16. The van der Waals surface area contributed by atoms with Gasteiger partial charge in [-0.3, -0.25) is 14.0 Å². The van der Waals surface area contributed by atoms with Crippen molar-refractivity contribution in [3.05, 3.63) is 111 Å². The van der Waals surface area contributed by atoms with Crippen LogP contribution >= 0.6 is 0 Å². The Hall–Kier alpha value is -4.00. The molecule has 2 aromatic carbocycles. The molecule has 0 radical (unpaired) electrons. The largest absolute Gasteiger partial charge is 0.501 e. The molecular weight excluding hydrogens is 385 g/mol. The van der Waals surface area contributed by atoms with Gasteiger partial charge < -0.3 is 10.4 Å². The van der Waals surface area contributed by atoms with E-state index < -0.39 is 17.2 Å². The van der Waals surface area contributed by atoms with Crippen molar-refractivity contribution in [2.75, 3.05) is 0 Å². The molecule has 0 atom stereocenters. The number of aromatic hydroxyl groups is 1. The number of benzene rings is 2. The van der Waals surface area contributed by atoms with Gasteiger partial charge in [0.05, 0.1) is 0 Å². The predicted octanol–water partition coefficient (Wildman–Crippen LogP) is 3.06. The normalized spacial score (nSPS) is 10.8. The van der Waals surface area contributed by atoms with E-state index in [2.05, 4.69) is 10.3 Å². The van der Waals surface area contributed by atoms with Crippen molar-refractivity contribution in [3.8, 4) is 5.75 Å². The lowest BCUT2D eigenvalue weighted by Gasteiger charge is -2.09. The Labute approximate surface area is 171 Å². The monoisotopic (exact) mass is 403 g/mol. The van der Waals surface area contributed by atoms with Crippen LogP contribution in [0.2, 0.25) is 0 Å². The fourth-order valence-corrected chi connectivity index (χ4v) is 3.14. The number of fused-ring (bicyclic) bond motifs is 1. The van der Waals surface area contributed by atoms with Crippen molar-refractivity contribution in [1.82, 2.24) is 14.7 Å². The maximum atomic E-state index is 13.1. The molecule has 2 heterocycles. The average Bonchev–Trinajstić information content (AvgIpc) is 2.77. The lowest BCUT2D eigenvalue weighted by atomic mass is 10.1. The van der Waals surface area contributed by atoms with Gasteiger partial charge in [0.15, 0.2) is 5.69 Å². The second-order valence-corrected chi connectivity index (χ2v) is 6.85. The quantitative estimate of drug-likeness (QED) is 0.537. The highest BCUT2D eigenvalue weighted by atomic mass is 19.1. The SMILES string of the molecule is O=C(NCc1ccccc1)c1nc2ccc(Cc3ccc(F)cc3)cn2c(=O)c1O. The molecule has 6 nitrogen and oxygen atoms in total. The second-order valence-electron chi connectivity index (χ2n) is 6.85. The van der Waals surface area contributed by atoms with Gasteiger partial charge in [-0.15, -0.1) is 0 Å². The summed E-state index contributed by atoms with van der Waals surface area (Å²) < 4.78 is 14.3. The zero-order valence-electron chi connectivity index (χ0n) is 15.9. The molecule has 0 bridgehead atoms. The van der Waals surface area contributed by atoms with Crippen LogP contribution in [0.4, 0.5) is 4.39 Å². The summed E-state index contributed by atoms with van der Waals surface area (Å²) in [5.41, 5.74) is 1.73. The van der Waals surface area contributed by atoms with Crippen molar-refractivity contribution in [2.45, 2.75) is 13.0 Å². The number of halogens is 1. The first-order valence-electron chi connectivity index (χ1n) is 9.32. The highest BCUT2D eigenvalue weighted by molar-refractivity contribution is 5.95. The first kappa shape index (κ1) is 19.3. The van der Waals surface area contributed by atoms with Crippen LogP contribution in [0.1, 0.15) is 27.2 Å². The summed E-state index contributed by atoms with van der Waals surface area (Å²) >= 11 is 0. The van der Waals surface area contributed by atoms with E-state index in [0.717, 1.165) is 16.7 Å². The first-order chi connectivity index (χ1) is 14.5. The Balaban J connectivity index is 1.60. The summed E-state index contributed by atoms with van der Waals surface area (Å²) in [7, 11) is 0. The summed E-state index contributed by atoms with van der Waals surface area (Å²) in [6.07, 6.45) is 2.03. The van der Waals surface area contributed by atoms with Gasteiger partial charge >= 0.3 is 5.56 Å². The summed E-state index contributed by atoms with van der Waals surface area (Å²) in [6, 6.07) is 18.7. The average molecular weight is 403 g/mol. The smallest absolute Gasteiger partial charge is 0.300 e. The molecule has 0 spiro atoms. The van der Waals surface area contributed by atoms with E-state index in [-0.39, 0.29) is 23.7 Å². The van der Waals surface area contributed by atoms with Crippen molar-refractivity contribution < 1.29 is 14.3 Å². The van der Waals surface area contributed by atoms with Crippen LogP contribution in [0.3, 0.4) is 0 Å². The van der Waals surface area contributed by atoms with Gasteiger partial charge in [-0.2, -0.15) is 0 Å². The minimum Gasteiger partial charge on any atom is -0.501 e. The molecule has 0 fully saturated rings. The van der Waals surface area contributed by atoms with Crippen molar-refractivity contribution in [3.63, 3.8) is 0 Å². The number of pyridine rings is 1. The molecule has 2 aromatic heterocycles. The van der Waals surface area contributed by atoms with Gasteiger partial charge in [-0.05, 0) is 41.3 Å².